The Morgan fingerprint density at radius 2 is 1.78 bits per heavy atom. The van der Waals surface area contributed by atoms with Gasteiger partial charge in [0, 0.05) is 24.0 Å². The van der Waals surface area contributed by atoms with Crippen molar-refractivity contribution >= 4 is 16.8 Å². The van der Waals surface area contributed by atoms with Gasteiger partial charge in [-0.3, -0.25) is 4.79 Å². The predicted molar refractivity (Wildman–Crippen MR) is 83.1 cm³/mol. The van der Waals surface area contributed by atoms with Crippen LogP contribution in [0.15, 0.2) is 42.5 Å². The number of nitrogens with one attached hydrogen (secondary N) is 1. The molecule has 1 N–H and O–H groups in total. The number of H-pyrrole nitrogens is 1. The number of aromatic nitrogens is 1. The number of amides is 1. The molecule has 1 aromatic heterocycles. The maximum absolute atomic E-state index is 13.4. The second-order valence-corrected chi connectivity index (χ2v) is 5.77. The molecule has 0 saturated carbocycles. The van der Waals surface area contributed by atoms with Crippen LogP contribution in [-0.4, -0.2) is 22.3 Å². The van der Waals surface area contributed by atoms with E-state index in [0.29, 0.717) is 25.2 Å². The number of aromatic amines is 1. The molecule has 116 valence electrons. The molecule has 0 aliphatic carbocycles. The molecule has 0 spiro atoms. The first-order valence-corrected chi connectivity index (χ1v) is 7.45. The minimum Gasteiger partial charge on any atom is -0.350 e. The molecular weight excluding hydrogens is 298 g/mol. The lowest BCUT2D eigenvalue weighted by atomic mass is 10.0. The maximum Gasteiger partial charge on any atom is 0.270 e. The number of nitrogens with zero attached hydrogens (tertiary/aromatic N) is 1. The molecule has 1 aliphatic rings. The Bertz CT molecular complexity index is 899. The summed E-state index contributed by atoms with van der Waals surface area (Å²) >= 11 is 0. The third kappa shape index (κ3) is 2.38. The standard InChI is InChI=1S/C18H14F2N2O/c19-12-3-1-11(2-4-12)10-22-8-7-14-15-9-13(20)5-6-16(15)21-17(14)18(22)23/h1-6,9,21H,7-8,10H2. The van der Waals surface area contributed by atoms with E-state index in [1.165, 1.54) is 24.3 Å². The Kier molecular flexibility index (Phi) is 3.15. The van der Waals surface area contributed by atoms with Crippen LogP contribution in [0.25, 0.3) is 10.9 Å². The number of rotatable bonds is 2. The fourth-order valence-electron chi connectivity index (χ4n) is 3.13. The third-order valence-corrected chi connectivity index (χ3v) is 4.29. The normalized spacial score (nSPS) is 14.3. The highest BCUT2D eigenvalue weighted by Gasteiger charge is 2.28. The number of hydrogen-bond donors (Lipinski definition) is 1. The lowest BCUT2D eigenvalue weighted by Crippen LogP contribution is -2.36. The largest absolute Gasteiger partial charge is 0.350 e. The molecule has 2 heterocycles. The second kappa shape index (κ2) is 5.19. The van der Waals surface area contributed by atoms with Crippen molar-refractivity contribution in [3.05, 3.63) is 70.9 Å². The van der Waals surface area contributed by atoms with E-state index in [4.69, 9.17) is 0 Å². The topological polar surface area (TPSA) is 36.1 Å². The number of benzene rings is 2. The molecule has 4 rings (SSSR count). The smallest absolute Gasteiger partial charge is 0.270 e. The van der Waals surface area contributed by atoms with Gasteiger partial charge in [0.1, 0.15) is 17.3 Å². The average Bonchev–Trinajstić information content (AvgIpc) is 2.91. The number of halogens is 2. The Morgan fingerprint density at radius 1 is 1.04 bits per heavy atom. The molecule has 1 amide bonds. The minimum atomic E-state index is -0.305. The van der Waals surface area contributed by atoms with Gasteiger partial charge in [-0.25, -0.2) is 8.78 Å². The summed E-state index contributed by atoms with van der Waals surface area (Å²) in [7, 11) is 0. The molecule has 3 aromatic rings. The van der Waals surface area contributed by atoms with E-state index < -0.39 is 0 Å². The van der Waals surface area contributed by atoms with Crippen LogP contribution < -0.4 is 0 Å². The maximum atomic E-state index is 13.4. The molecule has 23 heavy (non-hydrogen) atoms. The quantitative estimate of drug-likeness (QED) is 0.770. The fraction of sp³-hybridized carbons (Fsp3) is 0.167. The van der Waals surface area contributed by atoms with E-state index in [1.807, 2.05) is 0 Å². The monoisotopic (exact) mass is 312 g/mol. The van der Waals surface area contributed by atoms with E-state index in [9.17, 15) is 13.6 Å². The fourth-order valence-corrected chi connectivity index (χ4v) is 3.13. The van der Waals surface area contributed by atoms with E-state index in [-0.39, 0.29) is 17.5 Å². The molecule has 0 unspecified atom stereocenters. The van der Waals surface area contributed by atoms with Crippen molar-refractivity contribution in [1.82, 2.24) is 9.88 Å². The van der Waals surface area contributed by atoms with Gasteiger partial charge in [-0.15, -0.1) is 0 Å². The Morgan fingerprint density at radius 3 is 2.57 bits per heavy atom. The lowest BCUT2D eigenvalue weighted by molar-refractivity contribution is 0.0722. The Labute approximate surface area is 131 Å². The third-order valence-electron chi connectivity index (χ3n) is 4.29. The average molecular weight is 312 g/mol. The Balaban J connectivity index is 1.66. The van der Waals surface area contributed by atoms with Crippen molar-refractivity contribution in [2.75, 3.05) is 6.54 Å². The molecular formula is C18H14F2N2O. The van der Waals surface area contributed by atoms with Crippen LogP contribution in [0.2, 0.25) is 0 Å². The number of hydrogen-bond acceptors (Lipinski definition) is 1. The van der Waals surface area contributed by atoms with E-state index in [1.54, 1.807) is 23.1 Å². The lowest BCUT2D eigenvalue weighted by Gasteiger charge is -2.27. The van der Waals surface area contributed by atoms with Crippen molar-refractivity contribution in [3.8, 4) is 0 Å². The highest BCUT2D eigenvalue weighted by molar-refractivity contribution is 6.02. The van der Waals surface area contributed by atoms with Crippen LogP contribution in [0.5, 0.6) is 0 Å². The molecule has 0 bridgehead atoms. The van der Waals surface area contributed by atoms with Crippen molar-refractivity contribution in [2.24, 2.45) is 0 Å². The van der Waals surface area contributed by atoms with Gasteiger partial charge in [0.15, 0.2) is 0 Å². The predicted octanol–water partition coefficient (Wildman–Crippen LogP) is 3.64. The first-order chi connectivity index (χ1) is 11.1. The van der Waals surface area contributed by atoms with E-state index >= 15 is 0 Å². The summed E-state index contributed by atoms with van der Waals surface area (Å²) in [6.07, 6.45) is 0.672. The summed E-state index contributed by atoms with van der Waals surface area (Å²) in [5, 5.41) is 0.773. The van der Waals surface area contributed by atoms with Crippen molar-refractivity contribution in [3.63, 3.8) is 0 Å². The van der Waals surface area contributed by atoms with Crippen molar-refractivity contribution in [1.29, 1.82) is 0 Å². The molecule has 1 aliphatic heterocycles. The first-order valence-electron chi connectivity index (χ1n) is 7.45. The summed E-state index contributed by atoms with van der Waals surface area (Å²) in [4.78, 5) is 17.5. The van der Waals surface area contributed by atoms with Crippen LogP contribution in [0.4, 0.5) is 8.78 Å². The zero-order valence-electron chi connectivity index (χ0n) is 12.3. The number of carbonyl (C=O) groups is 1. The molecule has 5 heteroatoms. The highest BCUT2D eigenvalue weighted by atomic mass is 19.1. The Hall–Kier alpha value is -2.69. The van der Waals surface area contributed by atoms with Crippen LogP contribution in [0, 0.1) is 11.6 Å². The van der Waals surface area contributed by atoms with Crippen LogP contribution in [-0.2, 0) is 13.0 Å². The van der Waals surface area contributed by atoms with E-state index in [0.717, 1.165) is 22.0 Å². The van der Waals surface area contributed by atoms with Crippen molar-refractivity contribution in [2.45, 2.75) is 13.0 Å². The van der Waals surface area contributed by atoms with Gasteiger partial charge in [-0.05, 0) is 47.9 Å². The summed E-state index contributed by atoms with van der Waals surface area (Å²) in [6.45, 7) is 0.995. The molecule has 0 fully saturated rings. The summed E-state index contributed by atoms with van der Waals surface area (Å²) in [6, 6.07) is 10.6. The van der Waals surface area contributed by atoms with E-state index in [2.05, 4.69) is 4.98 Å². The van der Waals surface area contributed by atoms with Crippen LogP contribution >= 0.6 is 0 Å². The van der Waals surface area contributed by atoms with Gasteiger partial charge in [0.05, 0.1) is 0 Å². The van der Waals surface area contributed by atoms with Gasteiger partial charge < -0.3 is 9.88 Å². The van der Waals surface area contributed by atoms with Crippen LogP contribution in [0.3, 0.4) is 0 Å². The highest BCUT2D eigenvalue weighted by Crippen LogP contribution is 2.28. The first kappa shape index (κ1) is 13.9. The van der Waals surface area contributed by atoms with Crippen LogP contribution in [0.1, 0.15) is 21.6 Å². The SMILES string of the molecule is O=C1c2[nH]c3ccc(F)cc3c2CCN1Cc1ccc(F)cc1. The summed E-state index contributed by atoms with van der Waals surface area (Å²) < 4.78 is 26.4. The van der Waals surface area contributed by atoms with Gasteiger partial charge >= 0.3 is 0 Å². The molecule has 3 nitrogen and oxygen atoms in total. The van der Waals surface area contributed by atoms with Gasteiger partial charge in [0.2, 0.25) is 0 Å². The second-order valence-electron chi connectivity index (χ2n) is 5.77. The van der Waals surface area contributed by atoms with Gasteiger partial charge in [-0.2, -0.15) is 0 Å². The zero-order chi connectivity index (χ0) is 16.0. The molecule has 0 radical (unpaired) electrons. The number of carbonyl (C=O) groups excluding carboxylic acids is 1. The van der Waals surface area contributed by atoms with Gasteiger partial charge in [0.25, 0.3) is 5.91 Å². The minimum absolute atomic E-state index is 0.104. The number of fused-ring (bicyclic) bond motifs is 3. The van der Waals surface area contributed by atoms with Gasteiger partial charge in [-0.1, -0.05) is 12.1 Å². The zero-order valence-corrected chi connectivity index (χ0v) is 12.3. The molecule has 0 saturated heterocycles. The summed E-state index contributed by atoms with van der Waals surface area (Å²) in [5.74, 6) is -0.702. The molecule has 2 aromatic carbocycles. The molecule has 0 atom stereocenters. The van der Waals surface area contributed by atoms with Crippen molar-refractivity contribution < 1.29 is 13.6 Å². The summed E-state index contributed by atoms with van der Waals surface area (Å²) in [5.41, 5.74) is 3.05.